The average Bonchev–Trinajstić information content (AvgIpc) is 2.84. The molecule has 4 nitrogen and oxygen atoms in total. The Bertz CT molecular complexity index is 628. The molecule has 0 fully saturated rings. The van der Waals surface area contributed by atoms with Crippen LogP contribution in [0.25, 0.3) is 0 Å². The van der Waals surface area contributed by atoms with E-state index in [2.05, 4.69) is 5.32 Å². The van der Waals surface area contributed by atoms with E-state index in [1.807, 2.05) is 0 Å². The maximum Gasteiger partial charge on any atom is 0.269 e. The number of thiophene rings is 1. The first kappa shape index (κ1) is 13.3. The van der Waals surface area contributed by atoms with Crippen molar-refractivity contribution in [1.29, 1.82) is 0 Å². The number of nitrogen functional groups attached to an aromatic ring is 1. The largest absolute Gasteiger partial charge is 0.495 e. The Morgan fingerprint density at radius 1 is 1.37 bits per heavy atom. The normalized spacial score (nSPS) is 10.3. The van der Waals surface area contributed by atoms with Gasteiger partial charge in [0.2, 0.25) is 0 Å². The Balaban J connectivity index is 2.27. The van der Waals surface area contributed by atoms with E-state index in [1.54, 1.807) is 11.4 Å². The van der Waals surface area contributed by atoms with Gasteiger partial charge in [0.1, 0.15) is 22.3 Å². The first-order valence-electron chi connectivity index (χ1n) is 5.20. The summed E-state index contributed by atoms with van der Waals surface area (Å²) in [6.45, 7) is 0. The van der Waals surface area contributed by atoms with E-state index < -0.39 is 17.5 Å². The Morgan fingerprint density at radius 3 is 2.79 bits per heavy atom. The molecular weight excluding hydrogens is 274 g/mol. The van der Waals surface area contributed by atoms with Crippen molar-refractivity contribution in [2.45, 2.75) is 0 Å². The summed E-state index contributed by atoms with van der Waals surface area (Å²) < 4.78 is 31.5. The lowest BCUT2D eigenvalue weighted by Gasteiger charge is -2.08. The van der Waals surface area contributed by atoms with Gasteiger partial charge in [-0.05, 0) is 17.5 Å². The molecule has 1 aromatic carbocycles. The molecule has 0 radical (unpaired) electrons. The van der Waals surface area contributed by atoms with E-state index in [1.165, 1.54) is 7.11 Å². The van der Waals surface area contributed by atoms with Gasteiger partial charge in [-0.1, -0.05) is 0 Å². The fourth-order valence-electron chi connectivity index (χ4n) is 1.46. The fraction of sp³-hybridized carbons (Fsp3) is 0.0833. The van der Waals surface area contributed by atoms with Crippen molar-refractivity contribution in [3.05, 3.63) is 40.1 Å². The number of methoxy groups -OCH3 is 1. The lowest BCUT2D eigenvalue weighted by Crippen LogP contribution is -2.13. The third kappa shape index (κ3) is 2.65. The van der Waals surface area contributed by atoms with Crippen LogP contribution in [0, 0.1) is 11.6 Å². The van der Waals surface area contributed by atoms with Gasteiger partial charge in [-0.25, -0.2) is 8.78 Å². The van der Waals surface area contributed by atoms with Gasteiger partial charge in [-0.3, -0.25) is 4.79 Å². The molecule has 3 N–H and O–H groups in total. The number of carbonyl (C=O) groups is 1. The fourth-order valence-corrected chi connectivity index (χ4v) is 2.22. The topological polar surface area (TPSA) is 64.3 Å². The third-order valence-corrected chi connectivity index (χ3v) is 3.28. The molecule has 2 rings (SSSR count). The number of hydrogen-bond acceptors (Lipinski definition) is 4. The van der Waals surface area contributed by atoms with Gasteiger partial charge in [0.15, 0.2) is 0 Å². The molecule has 0 unspecified atom stereocenters. The number of amides is 1. The zero-order valence-corrected chi connectivity index (χ0v) is 10.7. The second-order valence-corrected chi connectivity index (χ2v) is 4.54. The number of halogens is 2. The molecule has 0 saturated heterocycles. The SMILES string of the molecule is COc1ccsc1C(=O)Nc1cc(N)c(F)cc1F. The standard InChI is InChI=1S/C12H10F2N2O2S/c1-18-10-2-3-19-11(10)12(17)16-9-5-8(15)6(13)4-7(9)14/h2-5H,15H2,1H3,(H,16,17). The highest BCUT2D eigenvalue weighted by atomic mass is 32.1. The van der Waals surface area contributed by atoms with Crippen molar-refractivity contribution in [2.75, 3.05) is 18.2 Å². The van der Waals surface area contributed by atoms with Crippen LogP contribution in [-0.4, -0.2) is 13.0 Å². The van der Waals surface area contributed by atoms with Crippen molar-refractivity contribution in [1.82, 2.24) is 0 Å². The molecule has 0 aliphatic heterocycles. The zero-order valence-electron chi connectivity index (χ0n) is 9.87. The minimum Gasteiger partial charge on any atom is -0.495 e. The summed E-state index contributed by atoms with van der Waals surface area (Å²) in [7, 11) is 1.43. The average molecular weight is 284 g/mol. The first-order chi connectivity index (χ1) is 9.02. The van der Waals surface area contributed by atoms with Gasteiger partial charge in [0.25, 0.3) is 5.91 Å². The lowest BCUT2D eigenvalue weighted by atomic mass is 10.2. The molecule has 0 aliphatic carbocycles. The second kappa shape index (κ2) is 5.23. The van der Waals surface area contributed by atoms with Gasteiger partial charge in [0, 0.05) is 6.07 Å². The predicted octanol–water partition coefficient (Wildman–Crippen LogP) is 2.87. The molecule has 1 amide bonds. The molecule has 0 bridgehead atoms. The van der Waals surface area contributed by atoms with Gasteiger partial charge in [0.05, 0.1) is 18.5 Å². The molecule has 1 aromatic heterocycles. The molecule has 2 aromatic rings. The molecular formula is C12H10F2N2O2S. The van der Waals surface area contributed by atoms with E-state index >= 15 is 0 Å². The Hall–Kier alpha value is -2.15. The quantitative estimate of drug-likeness (QED) is 0.852. The van der Waals surface area contributed by atoms with Crippen LogP contribution in [-0.2, 0) is 0 Å². The van der Waals surface area contributed by atoms with Crippen LogP contribution in [0.4, 0.5) is 20.2 Å². The monoisotopic (exact) mass is 284 g/mol. The Morgan fingerprint density at radius 2 is 2.11 bits per heavy atom. The number of anilines is 2. The summed E-state index contributed by atoms with van der Waals surface area (Å²) in [4.78, 5) is 12.2. The molecule has 100 valence electrons. The number of nitrogens with one attached hydrogen (secondary N) is 1. The van der Waals surface area contributed by atoms with E-state index in [9.17, 15) is 13.6 Å². The minimum atomic E-state index is -0.893. The number of hydrogen-bond donors (Lipinski definition) is 2. The summed E-state index contributed by atoms with van der Waals surface area (Å²) in [5, 5.41) is 3.99. The van der Waals surface area contributed by atoms with E-state index in [4.69, 9.17) is 10.5 Å². The van der Waals surface area contributed by atoms with Crippen LogP contribution in [0.1, 0.15) is 9.67 Å². The summed E-state index contributed by atoms with van der Waals surface area (Å²) in [5.74, 6) is -1.92. The molecule has 1 heterocycles. The van der Waals surface area contributed by atoms with E-state index in [-0.39, 0.29) is 11.4 Å². The summed E-state index contributed by atoms with van der Waals surface area (Å²) in [6, 6.07) is 3.27. The maximum atomic E-state index is 13.5. The molecule has 0 saturated carbocycles. The molecule has 19 heavy (non-hydrogen) atoms. The van der Waals surface area contributed by atoms with E-state index in [0.29, 0.717) is 16.7 Å². The summed E-state index contributed by atoms with van der Waals surface area (Å²) >= 11 is 1.15. The van der Waals surface area contributed by atoms with Crippen LogP contribution in [0.15, 0.2) is 23.6 Å². The van der Waals surface area contributed by atoms with Crippen LogP contribution in [0.2, 0.25) is 0 Å². The van der Waals surface area contributed by atoms with Gasteiger partial charge >= 0.3 is 0 Å². The number of carbonyl (C=O) groups excluding carboxylic acids is 1. The van der Waals surface area contributed by atoms with Crippen LogP contribution < -0.4 is 15.8 Å². The van der Waals surface area contributed by atoms with Gasteiger partial charge in [-0.15, -0.1) is 11.3 Å². The number of ether oxygens (including phenoxy) is 1. The first-order valence-corrected chi connectivity index (χ1v) is 6.08. The Kier molecular flexibility index (Phi) is 3.66. The molecule has 0 aliphatic rings. The van der Waals surface area contributed by atoms with Gasteiger partial charge < -0.3 is 15.8 Å². The van der Waals surface area contributed by atoms with Crippen molar-refractivity contribution >= 4 is 28.6 Å². The second-order valence-electron chi connectivity index (χ2n) is 3.63. The smallest absolute Gasteiger partial charge is 0.269 e. The van der Waals surface area contributed by atoms with Gasteiger partial charge in [-0.2, -0.15) is 0 Å². The van der Waals surface area contributed by atoms with Crippen molar-refractivity contribution in [3.8, 4) is 5.75 Å². The van der Waals surface area contributed by atoms with E-state index in [0.717, 1.165) is 17.4 Å². The molecule has 0 spiro atoms. The van der Waals surface area contributed by atoms with Crippen molar-refractivity contribution < 1.29 is 18.3 Å². The Labute approximate surface area is 111 Å². The van der Waals surface area contributed by atoms with Crippen molar-refractivity contribution in [2.24, 2.45) is 0 Å². The number of benzene rings is 1. The van der Waals surface area contributed by atoms with Crippen LogP contribution in [0.3, 0.4) is 0 Å². The number of rotatable bonds is 3. The minimum absolute atomic E-state index is 0.181. The summed E-state index contributed by atoms with van der Waals surface area (Å²) in [5.41, 5.74) is 4.90. The number of nitrogens with two attached hydrogens (primary N) is 1. The highest BCUT2D eigenvalue weighted by Crippen LogP contribution is 2.27. The third-order valence-electron chi connectivity index (χ3n) is 2.39. The van der Waals surface area contributed by atoms with Crippen molar-refractivity contribution in [3.63, 3.8) is 0 Å². The van der Waals surface area contributed by atoms with Crippen LogP contribution >= 0.6 is 11.3 Å². The maximum absolute atomic E-state index is 13.5. The molecule has 0 atom stereocenters. The highest BCUT2D eigenvalue weighted by molar-refractivity contribution is 7.12. The predicted molar refractivity (Wildman–Crippen MR) is 69.6 cm³/mol. The summed E-state index contributed by atoms with van der Waals surface area (Å²) in [6.07, 6.45) is 0. The molecule has 7 heteroatoms. The lowest BCUT2D eigenvalue weighted by molar-refractivity contribution is 0.102. The zero-order chi connectivity index (χ0) is 14.0. The highest BCUT2D eigenvalue weighted by Gasteiger charge is 2.16. The van der Waals surface area contributed by atoms with Crippen LogP contribution in [0.5, 0.6) is 5.75 Å².